The predicted molar refractivity (Wildman–Crippen MR) is 119 cm³/mol. The van der Waals surface area contributed by atoms with Gasteiger partial charge < -0.3 is 19.2 Å². The standard InChI is InChI=1S/C24H22N2O4S/c27-23(18-7-1-3-9-20(18)29-15-17-6-5-13-28-17)25-14-16-11-12-21(30-16)24-26-19-8-2-4-10-22(19)31-24/h1-4,7-12,17H,5-6,13-15H2,(H,25,27). The predicted octanol–water partition coefficient (Wildman–Crippen LogP) is 5.04. The van der Waals surface area contributed by atoms with Crippen LogP contribution in [-0.2, 0) is 11.3 Å². The van der Waals surface area contributed by atoms with Gasteiger partial charge in [0.15, 0.2) is 10.8 Å². The lowest BCUT2D eigenvalue weighted by atomic mass is 10.2. The van der Waals surface area contributed by atoms with E-state index in [-0.39, 0.29) is 18.6 Å². The number of benzene rings is 2. The number of carbonyl (C=O) groups is 1. The van der Waals surface area contributed by atoms with E-state index in [0.717, 1.165) is 34.7 Å². The third kappa shape index (κ3) is 4.47. The highest BCUT2D eigenvalue weighted by atomic mass is 32.1. The number of nitrogens with zero attached hydrogens (tertiary/aromatic N) is 1. The molecule has 1 aliphatic rings. The smallest absolute Gasteiger partial charge is 0.255 e. The van der Waals surface area contributed by atoms with Crippen molar-refractivity contribution in [3.8, 4) is 16.5 Å². The van der Waals surface area contributed by atoms with Crippen molar-refractivity contribution >= 4 is 27.5 Å². The second-order valence-corrected chi connectivity index (χ2v) is 8.41. The number of nitrogens with one attached hydrogen (secondary N) is 1. The van der Waals surface area contributed by atoms with Crippen molar-refractivity contribution in [2.75, 3.05) is 13.2 Å². The van der Waals surface area contributed by atoms with Crippen molar-refractivity contribution in [1.82, 2.24) is 10.3 Å². The molecule has 7 heteroatoms. The van der Waals surface area contributed by atoms with Crippen LogP contribution in [0.25, 0.3) is 21.0 Å². The van der Waals surface area contributed by atoms with Crippen LogP contribution in [0.2, 0.25) is 0 Å². The lowest BCUT2D eigenvalue weighted by Gasteiger charge is -2.14. The van der Waals surface area contributed by atoms with E-state index < -0.39 is 0 Å². The van der Waals surface area contributed by atoms with Gasteiger partial charge in [-0.2, -0.15) is 0 Å². The van der Waals surface area contributed by atoms with Crippen LogP contribution in [0.5, 0.6) is 5.75 Å². The van der Waals surface area contributed by atoms with Gasteiger partial charge in [-0.3, -0.25) is 4.79 Å². The minimum atomic E-state index is -0.208. The zero-order chi connectivity index (χ0) is 21.0. The zero-order valence-corrected chi connectivity index (χ0v) is 17.7. The molecule has 5 rings (SSSR count). The van der Waals surface area contributed by atoms with E-state index in [1.165, 1.54) is 0 Å². The molecule has 6 nitrogen and oxygen atoms in total. The van der Waals surface area contributed by atoms with Crippen molar-refractivity contribution in [2.45, 2.75) is 25.5 Å². The summed E-state index contributed by atoms with van der Waals surface area (Å²) < 4.78 is 18.5. The first-order valence-electron chi connectivity index (χ1n) is 10.3. The second kappa shape index (κ2) is 8.91. The number of furan rings is 1. The number of carbonyl (C=O) groups excluding carboxylic acids is 1. The fourth-order valence-corrected chi connectivity index (χ4v) is 4.49. The lowest BCUT2D eigenvalue weighted by Crippen LogP contribution is -2.24. The molecule has 4 aromatic rings. The van der Waals surface area contributed by atoms with Crippen LogP contribution < -0.4 is 10.1 Å². The van der Waals surface area contributed by atoms with Gasteiger partial charge in [-0.25, -0.2) is 4.98 Å². The monoisotopic (exact) mass is 434 g/mol. The second-order valence-electron chi connectivity index (χ2n) is 7.38. The molecular formula is C24H22N2O4S. The molecule has 0 radical (unpaired) electrons. The van der Waals surface area contributed by atoms with Gasteiger partial charge in [0.1, 0.15) is 18.1 Å². The van der Waals surface area contributed by atoms with Gasteiger partial charge >= 0.3 is 0 Å². The third-order valence-electron chi connectivity index (χ3n) is 5.17. The first kappa shape index (κ1) is 19.8. The molecule has 0 saturated carbocycles. The zero-order valence-electron chi connectivity index (χ0n) is 16.9. The molecule has 158 valence electrons. The quantitative estimate of drug-likeness (QED) is 0.441. The molecule has 0 spiro atoms. The Morgan fingerprint density at radius 3 is 2.87 bits per heavy atom. The summed E-state index contributed by atoms with van der Waals surface area (Å²) in [6, 6.07) is 19.0. The summed E-state index contributed by atoms with van der Waals surface area (Å²) in [6.45, 7) is 1.51. The number of hydrogen-bond acceptors (Lipinski definition) is 6. The Hall–Kier alpha value is -3.16. The molecule has 31 heavy (non-hydrogen) atoms. The number of thiazole rings is 1. The van der Waals surface area contributed by atoms with E-state index in [2.05, 4.69) is 10.3 Å². The fourth-order valence-electron chi connectivity index (χ4n) is 3.57. The topological polar surface area (TPSA) is 73.6 Å². The van der Waals surface area contributed by atoms with Crippen molar-refractivity contribution < 1.29 is 18.7 Å². The van der Waals surface area contributed by atoms with Crippen molar-refractivity contribution in [3.05, 3.63) is 72.0 Å². The van der Waals surface area contributed by atoms with Gasteiger partial charge in [0.2, 0.25) is 0 Å². The number of ether oxygens (including phenoxy) is 2. The van der Waals surface area contributed by atoms with Crippen molar-refractivity contribution in [3.63, 3.8) is 0 Å². The molecule has 1 fully saturated rings. The van der Waals surface area contributed by atoms with Gasteiger partial charge in [-0.05, 0) is 49.2 Å². The third-order valence-corrected chi connectivity index (χ3v) is 6.22. The molecule has 2 aromatic heterocycles. The molecule has 0 aliphatic carbocycles. The van der Waals surface area contributed by atoms with E-state index in [4.69, 9.17) is 13.9 Å². The summed E-state index contributed by atoms with van der Waals surface area (Å²) >= 11 is 1.58. The number of amides is 1. The maximum atomic E-state index is 12.8. The van der Waals surface area contributed by atoms with Crippen LogP contribution in [0.3, 0.4) is 0 Å². The van der Waals surface area contributed by atoms with Crippen LogP contribution in [0.1, 0.15) is 29.0 Å². The Kier molecular flexibility index (Phi) is 5.69. The van der Waals surface area contributed by atoms with Gasteiger partial charge in [0, 0.05) is 6.61 Å². The van der Waals surface area contributed by atoms with Crippen LogP contribution >= 0.6 is 11.3 Å². The number of fused-ring (bicyclic) bond motifs is 1. The molecule has 2 aromatic carbocycles. The Morgan fingerprint density at radius 1 is 1.13 bits per heavy atom. The van der Waals surface area contributed by atoms with E-state index >= 15 is 0 Å². The van der Waals surface area contributed by atoms with Gasteiger partial charge in [-0.15, -0.1) is 11.3 Å². The summed E-state index contributed by atoms with van der Waals surface area (Å²) in [5.74, 6) is 1.72. The van der Waals surface area contributed by atoms with Gasteiger partial charge in [0.05, 0.1) is 28.4 Å². The number of para-hydroxylation sites is 2. The molecule has 1 amide bonds. The molecule has 1 N–H and O–H groups in total. The Balaban J connectivity index is 1.23. The van der Waals surface area contributed by atoms with E-state index in [1.807, 2.05) is 54.6 Å². The normalized spacial score (nSPS) is 15.9. The summed E-state index contributed by atoms with van der Waals surface area (Å²) in [4.78, 5) is 17.4. The van der Waals surface area contributed by atoms with Crippen LogP contribution in [-0.4, -0.2) is 30.2 Å². The van der Waals surface area contributed by atoms with Crippen molar-refractivity contribution in [2.24, 2.45) is 0 Å². The highest BCUT2D eigenvalue weighted by molar-refractivity contribution is 7.21. The van der Waals surface area contributed by atoms with Crippen LogP contribution in [0.4, 0.5) is 0 Å². The Bertz CT molecular complexity index is 1160. The highest BCUT2D eigenvalue weighted by Crippen LogP contribution is 2.31. The molecular weight excluding hydrogens is 412 g/mol. The Labute approximate surface area is 183 Å². The van der Waals surface area contributed by atoms with E-state index in [9.17, 15) is 4.79 Å². The molecule has 1 saturated heterocycles. The number of hydrogen-bond donors (Lipinski definition) is 1. The highest BCUT2D eigenvalue weighted by Gasteiger charge is 2.18. The van der Waals surface area contributed by atoms with Gasteiger partial charge in [-0.1, -0.05) is 24.3 Å². The van der Waals surface area contributed by atoms with E-state index in [0.29, 0.717) is 29.4 Å². The Morgan fingerprint density at radius 2 is 2.00 bits per heavy atom. The summed E-state index contributed by atoms with van der Waals surface area (Å²) in [7, 11) is 0. The average molecular weight is 435 g/mol. The minimum Gasteiger partial charge on any atom is -0.490 e. The van der Waals surface area contributed by atoms with Crippen LogP contribution in [0.15, 0.2) is 65.1 Å². The van der Waals surface area contributed by atoms with Crippen LogP contribution in [0, 0.1) is 0 Å². The maximum Gasteiger partial charge on any atom is 0.255 e. The molecule has 0 bridgehead atoms. The van der Waals surface area contributed by atoms with Crippen molar-refractivity contribution in [1.29, 1.82) is 0 Å². The summed E-state index contributed by atoms with van der Waals surface area (Å²) in [6.07, 6.45) is 2.14. The molecule has 1 atom stereocenters. The largest absolute Gasteiger partial charge is 0.490 e. The van der Waals surface area contributed by atoms with Gasteiger partial charge in [0.25, 0.3) is 5.91 Å². The summed E-state index contributed by atoms with van der Waals surface area (Å²) in [5.41, 5.74) is 1.45. The number of rotatable bonds is 7. The summed E-state index contributed by atoms with van der Waals surface area (Å²) in [5, 5.41) is 3.74. The fraction of sp³-hybridized carbons (Fsp3) is 0.250. The number of aromatic nitrogens is 1. The molecule has 3 heterocycles. The maximum absolute atomic E-state index is 12.8. The first-order valence-corrected chi connectivity index (χ1v) is 11.1. The molecule has 1 aliphatic heterocycles. The first-order chi connectivity index (χ1) is 15.3. The van der Waals surface area contributed by atoms with E-state index in [1.54, 1.807) is 17.4 Å². The average Bonchev–Trinajstić information content (AvgIpc) is 3.56. The SMILES string of the molecule is O=C(NCc1ccc(-c2nc3ccccc3s2)o1)c1ccccc1OCC1CCCO1. The lowest BCUT2D eigenvalue weighted by molar-refractivity contribution is 0.0670. The molecule has 1 unspecified atom stereocenters. The minimum absolute atomic E-state index is 0.0974.